The number of primary amides is 1. The number of amides is 1. The second-order valence-electron chi connectivity index (χ2n) is 4.68. The average Bonchev–Trinajstić information content (AvgIpc) is 2.46. The fourth-order valence-electron chi connectivity index (χ4n) is 1.77. The maximum Gasteiger partial charge on any atom is 0.244 e. The van der Waals surface area contributed by atoms with E-state index in [-0.39, 0.29) is 5.82 Å². The summed E-state index contributed by atoms with van der Waals surface area (Å²) in [6.07, 6.45) is 1.71. The molecule has 2 rings (SSSR count). The Labute approximate surface area is 122 Å². The molecule has 0 bridgehead atoms. The van der Waals surface area contributed by atoms with Gasteiger partial charge >= 0.3 is 0 Å². The molecule has 2 aromatic rings. The Kier molecular flexibility index (Phi) is 4.72. The maximum absolute atomic E-state index is 13.0. The van der Waals surface area contributed by atoms with Crippen LogP contribution in [0.25, 0.3) is 6.08 Å². The van der Waals surface area contributed by atoms with Crippen molar-refractivity contribution >= 4 is 12.0 Å². The minimum absolute atomic E-state index is 0.279. The smallest absolute Gasteiger partial charge is 0.244 e. The quantitative estimate of drug-likeness (QED) is 0.857. The van der Waals surface area contributed by atoms with Crippen LogP contribution in [0.5, 0.6) is 5.75 Å². The largest absolute Gasteiger partial charge is 0.489 e. The van der Waals surface area contributed by atoms with Gasteiger partial charge in [0.2, 0.25) is 5.91 Å². The van der Waals surface area contributed by atoms with Gasteiger partial charge in [0.05, 0.1) is 0 Å². The Morgan fingerprint density at radius 3 is 2.57 bits per heavy atom. The zero-order chi connectivity index (χ0) is 15.2. The summed E-state index contributed by atoms with van der Waals surface area (Å²) < 4.78 is 18.6. The van der Waals surface area contributed by atoms with Crippen LogP contribution in [0.4, 0.5) is 4.39 Å². The Balaban J connectivity index is 2.00. The summed E-state index contributed by atoms with van der Waals surface area (Å²) >= 11 is 0. The summed E-state index contributed by atoms with van der Waals surface area (Å²) in [4.78, 5) is 11.0. The van der Waals surface area contributed by atoms with Crippen molar-refractivity contribution in [3.05, 3.63) is 71.0 Å². The van der Waals surface area contributed by atoms with E-state index in [1.54, 1.807) is 37.3 Å². The molecule has 1 amide bonds. The first kappa shape index (κ1) is 14.8. The van der Waals surface area contributed by atoms with Crippen molar-refractivity contribution in [2.45, 2.75) is 13.5 Å². The predicted molar refractivity (Wildman–Crippen MR) is 80.0 cm³/mol. The number of hydrogen-bond donors (Lipinski definition) is 1. The molecule has 0 heterocycles. The lowest BCUT2D eigenvalue weighted by molar-refractivity contribution is -0.114. The summed E-state index contributed by atoms with van der Waals surface area (Å²) in [6, 6.07) is 13.5. The molecule has 3 nitrogen and oxygen atoms in total. The SMILES string of the molecule is C/C(=C\c1ccc(OCc2cccc(F)c2)cc1)C(N)=O. The summed E-state index contributed by atoms with van der Waals surface area (Å²) in [6.45, 7) is 1.96. The third-order valence-corrected chi connectivity index (χ3v) is 2.95. The molecule has 0 aliphatic carbocycles. The number of halogens is 1. The van der Waals surface area contributed by atoms with E-state index in [1.807, 2.05) is 12.1 Å². The molecule has 0 saturated carbocycles. The first-order valence-electron chi connectivity index (χ1n) is 6.50. The van der Waals surface area contributed by atoms with Crippen LogP contribution >= 0.6 is 0 Å². The standard InChI is InChI=1S/C17H16FNO2/c1-12(17(19)20)9-13-5-7-16(8-6-13)21-11-14-3-2-4-15(18)10-14/h2-10H,11H2,1H3,(H2,19,20)/b12-9+. The molecule has 108 valence electrons. The molecule has 0 aliphatic rings. The molecule has 4 heteroatoms. The second kappa shape index (κ2) is 6.70. The van der Waals surface area contributed by atoms with Gasteiger partial charge in [0.15, 0.2) is 0 Å². The molecule has 0 fully saturated rings. The molecule has 0 unspecified atom stereocenters. The van der Waals surface area contributed by atoms with Crippen molar-refractivity contribution in [2.24, 2.45) is 5.73 Å². The van der Waals surface area contributed by atoms with E-state index in [0.717, 1.165) is 11.1 Å². The highest BCUT2D eigenvalue weighted by Gasteiger charge is 2.00. The van der Waals surface area contributed by atoms with Gasteiger partial charge in [0.25, 0.3) is 0 Å². The van der Waals surface area contributed by atoms with Crippen LogP contribution in [-0.2, 0) is 11.4 Å². The molecule has 0 aliphatic heterocycles. The topological polar surface area (TPSA) is 52.3 Å². The Morgan fingerprint density at radius 2 is 1.95 bits per heavy atom. The van der Waals surface area contributed by atoms with E-state index in [1.165, 1.54) is 12.1 Å². The van der Waals surface area contributed by atoms with Crippen molar-refractivity contribution in [1.82, 2.24) is 0 Å². The van der Waals surface area contributed by atoms with Crippen LogP contribution in [0, 0.1) is 5.82 Å². The van der Waals surface area contributed by atoms with Crippen LogP contribution in [0.1, 0.15) is 18.1 Å². The van der Waals surface area contributed by atoms with Crippen molar-refractivity contribution < 1.29 is 13.9 Å². The van der Waals surface area contributed by atoms with E-state index in [2.05, 4.69) is 0 Å². The lowest BCUT2D eigenvalue weighted by Gasteiger charge is -2.07. The predicted octanol–water partition coefficient (Wildman–Crippen LogP) is 3.29. The fraction of sp³-hybridized carbons (Fsp3) is 0.118. The highest BCUT2D eigenvalue weighted by atomic mass is 19.1. The highest BCUT2D eigenvalue weighted by Crippen LogP contribution is 2.16. The number of ether oxygens (including phenoxy) is 1. The van der Waals surface area contributed by atoms with Gasteiger partial charge in [-0.05, 0) is 48.4 Å². The van der Waals surface area contributed by atoms with Crippen LogP contribution < -0.4 is 10.5 Å². The molecular weight excluding hydrogens is 269 g/mol. The normalized spacial score (nSPS) is 11.2. The minimum Gasteiger partial charge on any atom is -0.489 e. The number of carbonyl (C=O) groups is 1. The van der Waals surface area contributed by atoms with E-state index >= 15 is 0 Å². The average molecular weight is 285 g/mol. The Bertz CT molecular complexity index is 663. The van der Waals surface area contributed by atoms with Crippen LogP contribution in [-0.4, -0.2) is 5.91 Å². The van der Waals surface area contributed by atoms with E-state index in [9.17, 15) is 9.18 Å². The maximum atomic E-state index is 13.0. The van der Waals surface area contributed by atoms with Gasteiger partial charge in [-0.15, -0.1) is 0 Å². The summed E-state index contributed by atoms with van der Waals surface area (Å²) in [7, 11) is 0. The van der Waals surface area contributed by atoms with Gasteiger partial charge in [-0.3, -0.25) is 4.79 Å². The third-order valence-electron chi connectivity index (χ3n) is 2.95. The number of nitrogens with two attached hydrogens (primary N) is 1. The van der Waals surface area contributed by atoms with Gasteiger partial charge in [0.1, 0.15) is 18.2 Å². The molecule has 2 N–H and O–H groups in total. The van der Waals surface area contributed by atoms with Crippen molar-refractivity contribution in [2.75, 3.05) is 0 Å². The van der Waals surface area contributed by atoms with Crippen molar-refractivity contribution in [3.8, 4) is 5.75 Å². The number of rotatable bonds is 5. The van der Waals surface area contributed by atoms with Gasteiger partial charge < -0.3 is 10.5 Å². The molecule has 0 saturated heterocycles. The van der Waals surface area contributed by atoms with Crippen molar-refractivity contribution in [1.29, 1.82) is 0 Å². The van der Waals surface area contributed by atoms with Crippen LogP contribution in [0.2, 0.25) is 0 Å². The van der Waals surface area contributed by atoms with Gasteiger partial charge in [-0.25, -0.2) is 4.39 Å². The van der Waals surface area contributed by atoms with Crippen LogP contribution in [0.3, 0.4) is 0 Å². The molecule has 0 radical (unpaired) electrons. The molecular formula is C17H16FNO2. The summed E-state index contributed by atoms with van der Waals surface area (Å²) in [5, 5.41) is 0. The minimum atomic E-state index is -0.443. The lowest BCUT2D eigenvalue weighted by Crippen LogP contribution is -2.11. The molecule has 2 aromatic carbocycles. The Hall–Kier alpha value is -2.62. The van der Waals surface area contributed by atoms with Crippen molar-refractivity contribution in [3.63, 3.8) is 0 Å². The molecule has 0 atom stereocenters. The second-order valence-corrected chi connectivity index (χ2v) is 4.68. The fourth-order valence-corrected chi connectivity index (χ4v) is 1.77. The van der Waals surface area contributed by atoms with Crippen LogP contribution in [0.15, 0.2) is 54.1 Å². The third kappa shape index (κ3) is 4.45. The summed E-state index contributed by atoms with van der Waals surface area (Å²) in [5.74, 6) is -0.0481. The monoisotopic (exact) mass is 285 g/mol. The van der Waals surface area contributed by atoms with E-state index < -0.39 is 5.91 Å². The van der Waals surface area contributed by atoms with Gasteiger partial charge in [-0.2, -0.15) is 0 Å². The first-order valence-corrected chi connectivity index (χ1v) is 6.50. The van der Waals surface area contributed by atoms with Gasteiger partial charge in [-0.1, -0.05) is 24.3 Å². The number of carbonyl (C=O) groups excluding carboxylic acids is 1. The van der Waals surface area contributed by atoms with E-state index in [4.69, 9.17) is 10.5 Å². The first-order chi connectivity index (χ1) is 10.0. The van der Waals surface area contributed by atoms with E-state index in [0.29, 0.717) is 17.9 Å². The molecule has 0 aromatic heterocycles. The Morgan fingerprint density at radius 1 is 1.24 bits per heavy atom. The highest BCUT2D eigenvalue weighted by molar-refractivity contribution is 5.95. The van der Waals surface area contributed by atoms with Gasteiger partial charge in [0, 0.05) is 5.57 Å². The number of hydrogen-bond acceptors (Lipinski definition) is 2. The number of benzene rings is 2. The zero-order valence-electron chi connectivity index (χ0n) is 11.7. The summed E-state index contributed by atoms with van der Waals surface area (Å²) in [5.41, 5.74) is 7.30. The zero-order valence-corrected chi connectivity index (χ0v) is 11.7. The molecule has 0 spiro atoms. The lowest BCUT2D eigenvalue weighted by atomic mass is 10.1. The molecule has 21 heavy (non-hydrogen) atoms.